The molecular weight excluding hydrogens is 464 g/mol. The first-order valence-corrected chi connectivity index (χ1v) is 11.2. The number of anilines is 4. The van der Waals surface area contributed by atoms with E-state index in [0.717, 1.165) is 25.1 Å². The Labute approximate surface area is 200 Å². The van der Waals surface area contributed by atoms with E-state index in [4.69, 9.17) is 15.6 Å². The van der Waals surface area contributed by atoms with Crippen molar-refractivity contribution in [3.05, 3.63) is 35.5 Å². The van der Waals surface area contributed by atoms with E-state index in [-0.39, 0.29) is 28.8 Å². The zero-order valence-corrected chi connectivity index (χ0v) is 19.1. The number of amides is 2. The van der Waals surface area contributed by atoms with E-state index in [1.807, 2.05) is 4.90 Å². The second-order valence-corrected chi connectivity index (χ2v) is 8.57. The molecular formula is C22H27F2N7O4. The lowest BCUT2D eigenvalue weighted by Gasteiger charge is -2.28. The second-order valence-electron chi connectivity index (χ2n) is 8.57. The average Bonchev–Trinajstić information content (AvgIpc) is 3.65. The molecule has 6 N–H and O–H groups in total. The van der Waals surface area contributed by atoms with Crippen LogP contribution in [-0.2, 0) is 4.74 Å². The minimum absolute atomic E-state index is 0.0197. The number of pyridine rings is 2. The topological polar surface area (TPSA) is 155 Å². The maximum absolute atomic E-state index is 14.9. The number of morpholine rings is 1. The summed E-state index contributed by atoms with van der Waals surface area (Å²) < 4.78 is 34.8. The molecule has 2 fully saturated rings. The Morgan fingerprint density at radius 2 is 1.91 bits per heavy atom. The van der Waals surface area contributed by atoms with Gasteiger partial charge in [0, 0.05) is 25.2 Å². The Kier molecular flexibility index (Phi) is 7.15. The van der Waals surface area contributed by atoms with Gasteiger partial charge in [-0.3, -0.25) is 4.79 Å². The number of nitrogens with one attached hydrogen (secondary N) is 3. The van der Waals surface area contributed by atoms with Crippen LogP contribution in [0.5, 0.6) is 0 Å². The quantitative estimate of drug-likeness (QED) is 0.355. The normalized spacial score (nSPS) is 17.4. The number of hydrogen-bond acceptors (Lipinski definition) is 8. The maximum Gasteiger partial charge on any atom is 0.404 e. The number of aromatic nitrogens is 2. The highest BCUT2D eigenvalue weighted by molar-refractivity contribution is 5.98. The fourth-order valence-electron chi connectivity index (χ4n) is 4.04. The van der Waals surface area contributed by atoms with Gasteiger partial charge in [0.2, 0.25) is 0 Å². The highest BCUT2D eigenvalue weighted by atomic mass is 19.1. The molecule has 4 rings (SSSR count). The van der Waals surface area contributed by atoms with Crippen LogP contribution >= 0.6 is 0 Å². The van der Waals surface area contributed by atoms with Gasteiger partial charge < -0.3 is 36.4 Å². The molecule has 188 valence electrons. The molecule has 0 unspecified atom stereocenters. The van der Waals surface area contributed by atoms with Crippen LogP contribution in [-0.4, -0.2) is 65.5 Å². The fourth-order valence-corrected chi connectivity index (χ4v) is 4.04. The standard InChI is InChI=1S/C22H27F2N7O4/c1-11(27-22(33)34)18(12-2-3-12)29-21-14(23)8-13(19(25)32)20(30-21)28-16-9-17(26-10-15(16)24)31-4-6-35-7-5-31/h8-12,18,27H,2-7H2,1H3,(H2,25,32)(H,33,34)(H2,26,28,29,30)/t11-,18-/m0/s1. The number of nitrogens with two attached hydrogens (primary N) is 1. The molecule has 2 aromatic heterocycles. The molecule has 2 amide bonds. The molecule has 0 bridgehead atoms. The third-order valence-electron chi connectivity index (χ3n) is 5.99. The third kappa shape index (κ3) is 5.85. The van der Waals surface area contributed by atoms with Crippen molar-refractivity contribution in [1.29, 1.82) is 0 Å². The van der Waals surface area contributed by atoms with Gasteiger partial charge in [0.25, 0.3) is 5.91 Å². The number of carbonyl (C=O) groups excluding carboxylic acids is 1. The lowest BCUT2D eigenvalue weighted by molar-refractivity contribution is 0.1000. The van der Waals surface area contributed by atoms with Crippen LogP contribution in [0.15, 0.2) is 18.3 Å². The molecule has 1 saturated carbocycles. The number of carboxylic acid groups (broad SMARTS) is 1. The van der Waals surface area contributed by atoms with E-state index < -0.39 is 35.7 Å². The van der Waals surface area contributed by atoms with Crippen LogP contribution in [0.3, 0.4) is 0 Å². The maximum atomic E-state index is 14.9. The number of rotatable bonds is 9. The van der Waals surface area contributed by atoms with Crippen molar-refractivity contribution in [2.75, 3.05) is 41.8 Å². The largest absolute Gasteiger partial charge is 0.465 e. The van der Waals surface area contributed by atoms with E-state index in [9.17, 15) is 18.4 Å². The molecule has 35 heavy (non-hydrogen) atoms. The Bertz CT molecular complexity index is 1110. The number of primary amides is 1. The van der Waals surface area contributed by atoms with Crippen molar-refractivity contribution >= 4 is 35.1 Å². The molecule has 2 aliphatic rings. The van der Waals surface area contributed by atoms with Crippen molar-refractivity contribution < 1.29 is 28.2 Å². The van der Waals surface area contributed by atoms with Gasteiger partial charge in [-0.05, 0) is 31.7 Å². The van der Waals surface area contributed by atoms with Crippen LogP contribution in [0.1, 0.15) is 30.1 Å². The SMILES string of the molecule is C[C@H](NC(=O)O)[C@H](Nc1nc(Nc2cc(N3CCOCC3)ncc2F)c(C(N)=O)cc1F)C1CC1. The van der Waals surface area contributed by atoms with Crippen molar-refractivity contribution in [3.8, 4) is 0 Å². The summed E-state index contributed by atoms with van der Waals surface area (Å²) >= 11 is 0. The third-order valence-corrected chi connectivity index (χ3v) is 5.99. The zero-order valence-electron chi connectivity index (χ0n) is 19.1. The van der Waals surface area contributed by atoms with Gasteiger partial charge in [-0.2, -0.15) is 0 Å². The molecule has 0 aromatic carbocycles. The average molecular weight is 491 g/mol. The Morgan fingerprint density at radius 1 is 1.20 bits per heavy atom. The van der Waals surface area contributed by atoms with Crippen LogP contribution in [0.25, 0.3) is 0 Å². The van der Waals surface area contributed by atoms with Crippen molar-refractivity contribution in [2.45, 2.75) is 31.8 Å². The Hall–Kier alpha value is -3.74. The summed E-state index contributed by atoms with van der Waals surface area (Å²) in [5, 5.41) is 17.1. The molecule has 2 atom stereocenters. The molecule has 1 aliphatic carbocycles. The van der Waals surface area contributed by atoms with E-state index in [1.54, 1.807) is 6.92 Å². The summed E-state index contributed by atoms with van der Waals surface area (Å²) in [6, 6.07) is 1.41. The molecule has 1 saturated heterocycles. The van der Waals surface area contributed by atoms with Gasteiger partial charge in [-0.25, -0.2) is 23.5 Å². The first-order valence-electron chi connectivity index (χ1n) is 11.2. The van der Waals surface area contributed by atoms with Gasteiger partial charge in [0.1, 0.15) is 11.6 Å². The number of halogens is 2. The molecule has 1 aliphatic heterocycles. The molecule has 0 radical (unpaired) electrons. The monoisotopic (exact) mass is 491 g/mol. The molecule has 13 heteroatoms. The minimum Gasteiger partial charge on any atom is -0.465 e. The number of hydrogen-bond donors (Lipinski definition) is 5. The highest BCUT2D eigenvalue weighted by Gasteiger charge is 2.36. The predicted octanol–water partition coefficient (Wildman–Crippen LogP) is 2.28. The van der Waals surface area contributed by atoms with Gasteiger partial charge >= 0.3 is 6.09 Å². The summed E-state index contributed by atoms with van der Waals surface area (Å²) in [4.78, 5) is 33.3. The number of nitrogens with zero attached hydrogens (tertiary/aromatic N) is 3. The molecule has 0 spiro atoms. The van der Waals surface area contributed by atoms with Gasteiger partial charge in [0.15, 0.2) is 17.5 Å². The lowest BCUT2D eigenvalue weighted by Crippen LogP contribution is -2.45. The van der Waals surface area contributed by atoms with Crippen molar-refractivity contribution in [1.82, 2.24) is 15.3 Å². The van der Waals surface area contributed by atoms with Crippen LogP contribution in [0.2, 0.25) is 0 Å². The number of ether oxygens (including phenoxy) is 1. The molecule has 11 nitrogen and oxygen atoms in total. The van der Waals surface area contributed by atoms with Crippen LogP contribution in [0, 0.1) is 17.6 Å². The van der Waals surface area contributed by atoms with Crippen molar-refractivity contribution in [2.24, 2.45) is 11.7 Å². The second kappa shape index (κ2) is 10.3. The Morgan fingerprint density at radius 3 is 2.54 bits per heavy atom. The first-order chi connectivity index (χ1) is 16.7. The summed E-state index contributed by atoms with van der Waals surface area (Å²) in [6.07, 6.45) is 1.54. The van der Waals surface area contributed by atoms with Gasteiger partial charge in [0.05, 0.1) is 36.7 Å². The van der Waals surface area contributed by atoms with Gasteiger partial charge in [-0.15, -0.1) is 0 Å². The zero-order chi connectivity index (χ0) is 25.1. The summed E-state index contributed by atoms with van der Waals surface area (Å²) in [7, 11) is 0. The van der Waals surface area contributed by atoms with Gasteiger partial charge in [-0.1, -0.05) is 0 Å². The Balaban J connectivity index is 1.64. The number of carbonyl (C=O) groups is 2. The van der Waals surface area contributed by atoms with E-state index >= 15 is 0 Å². The molecule has 3 heterocycles. The first kappa shape index (κ1) is 24.4. The predicted molar refractivity (Wildman–Crippen MR) is 124 cm³/mol. The van der Waals surface area contributed by atoms with E-state index in [1.165, 1.54) is 6.07 Å². The summed E-state index contributed by atoms with van der Waals surface area (Å²) in [6.45, 7) is 3.86. The molecule has 2 aromatic rings. The summed E-state index contributed by atoms with van der Waals surface area (Å²) in [5.74, 6) is -2.23. The minimum atomic E-state index is -1.20. The van der Waals surface area contributed by atoms with Crippen LogP contribution in [0.4, 0.5) is 36.7 Å². The summed E-state index contributed by atoms with van der Waals surface area (Å²) in [5.41, 5.74) is 5.14. The van der Waals surface area contributed by atoms with E-state index in [2.05, 4.69) is 25.9 Å². The smallest absolute Gasteiger partial charge is 0.404 e. The van der Waals surface area contributed by atoms with Crippen LogP contribution < -0.4 is 26.6 Å². The van der Waals surface area contributed by atoms with E-state index in [0.29, 0.717) is 32.1 Å². The highest BCUT2D eigenvalue weighted by Crippen LogP contribution is 2.36. The lowest BCUT2D eigenvalue weighted by atomic mass is 10.0. The van der Waals surface area contributed by atoms with Crippen molar-refractivity contribution in [3.63, 3.8) is 0 Å². The fraction of sp³-hybridized carbons (Fsp3) is 0.455.